The third-order valence-electron chi connectivity index (χ3n) is 3.46. The van der Waals surface area contributed by atoms with E-state index in [2.05, 4.69) is 28.9 Å². The van der Waals surface area contributed by atoms with Gasteiger partial charge >= 0.3 is 0 Å². The van der Waals surface area contributed by atoms with E-state index in [-0.39, 0.29) is 5.82 Å². The molecule has 0 saturated heterocycles. The van der Waals surface area contributed by atoms with Crippen molar-refractivity contribution in [1.82, 2.24) is 0 Å². The first kappa shape index (κ1) is 11.8. The molecule has 2 heteroatoms. The molecule has 1 aromatic carbocycles. The summed E-state index contributed by atoms with van der Waals surface area (Å²) in [5, 5.41) is 0. The molecule has 0 nitrogen and oxygen atoms in total. The van der Waals surface area contributed by atoms with E-state index in [1.807, 2.05) is 13.0 Å². The number of fused-ring (bicyclic) bond motifs is 1. The van der Waals surface area contributed by atoms with Gasteiger partial charge in [0.2, 0.25) is 0 Å². The van der Waals surface area contributed by atoms with Crippen molar-refractivity contribution in [2.24, 2.45) is 0 Å². The van der Waals surface area contributed by atoms with Crippen molar-refractivity contribution in [2.75, 3.05) is 0 Å². The van der Waals surface area contributed by atoms with E-state index in [1.54, 1.807) is 6.07 Å². The molecule has 1 aliphatic rings. The lowest BCUT2D eigenvalue weighted by atomic mass is 9.93. The molecule has 1 aromatic rings. The van der Waals surface area contributed by atoms with Crippen LogP contribution in [0.4, 0.5) is 4.39 Å². The van der Waals surface area contributed by atoms with Crippen LogP contribution in [0.25, 0.3) is 0 Å². The maximum Gasteiger partial charge on any atom is 0.127 e. The molecule has 0 amide bonds. The van der Waals surface area contributed by atoms with Gasteiger partial charge in [-0.1, -0.05) is 27.6 Å². The van der Waals surface area contributed by atoms with Gasteiger partial charge in [0.1, 0.15) is 5.82 Å². The van der Waals surface area contributed by atoms with Gasteiger partial charge in [0.25, 0.3) is 0 Å². The predicted molar refractivity (Wildman–Crippen MR) is 69.2 cm³/mol. The lowest BCUT2D eigenvalue weighted by Crippen LogP contribution is -1.98. The summed E-state index contributed by atoms with van der Waals surface area (Å²) in [5.41, 5.74) is 3.46. The zero-order valence-corrected chi connectivity index (χ0v) is 11.3. The highest BCUT2D eigenvalue weighted by Gasteiger charge is 2.27. The molecular formula is C14H16BrF. The van der Waals surface area contributed by atoms with Gasteiger partial charge in [-0.05, 0) is 62.3 Å². The molecule has 1 unspecified atom stereocenters. The summed E-state index contributed by atoms with van der Waals surface area (Å²) in [7, 11) is 0. The largest absolute Gasteiger partial charge is 0.207 e. The summed E-state index contributed by atoms with van der Waals surface area (Å²) in [6.45, 7) is 4.16. The Morgan fingerprint density at radius 3 is 3.00 bits per heavy atom. The van der Waals surface area contributed by atoms with Crippen LogP contribution in [0.5, 0.6) is 0 Å². The van der Waals surface area contributed by atoms with Crippen molar-refractivity contribution in [3.63, 3.8) is 0 Å². The number of hydrogen-bond acceptors (Lipinski definition) is 0. The third kappa shape index (κ3) is 2.08. The van der Waals surface area contributed by atoms with E-state index in [9.17, 15) is 4.39 Å². The van der Waals surface area contributed by atoms with Crippen molar-refractivity contribution in [3.8, 4) is 0 Å². The average molecular weight is 283 g/mol. The molecule has 0 bridgehead atoms. The zero-order chi connectivity index (χ0) is 11.7. The highest BCUT2D eigenvalue weighted by atomic mass is 79.9. The van der Waals surface area contributed by atoms with Gasteiger partial charge in [0.15, 0.2) is 0 Å². The summed E-state index contributed by atoms with van der Waals surface area (Å²) in [4.78, 5) is 0. The number of allylic oxidation sites excluding steroid dienone is 2. The normalized spacial score (nSPS) is 20.0. The van der Waals surface area contributed by atoms with E-state index in [0.717, 1.165) is 29.3 Å². The van der Waals surface area contributed by atoms with Gasteiger partial charge in [-0.25, -0.2) is 4.39 Å². The van der Waals surface area contributed by atoms with Gasteiger partial charge in [-0.2, -0.15) is 0 Å². The van der Waals surface area contributed by atoms with Crippen LogP contribution in [0, 0.1) is 5.82 Å². The van der Waals surface area contributed by atoms with Gasteiger partial charge < -0.3 is 0 Å². The van der Waals surface area contributed by atoms with Crippen LogP contribution in [-0.4, -0.2) is 0 Å². The van der Waals surface area contributed by atoms with Crippen LogP contribution >= 0.6 is 15.9 Å². The van der Waals surface area contributed by atoms with Gasteiger partial charge in [0.05, 0.1) is 0 Å². The lowest BCUT2D eigenvalue weighted by Gasteiger charge is -2.13. The van der Waals surface area contributed by atoms with Gasteiger partial charge in [0, 0.05) is 4.47 Å². The first-order valence-electron chi connectivity index (χ1n) is 5.72. The Morgan fingerprint density at radius 1 is 1.56 bits per heavy atom. The molecule has 0 radical (unpaired) electrons. The average Bonchev–Trinajstić information content (AvgIpc) is 2.68. The minimum absolute atomic E-state index is 0.0374. The van der Waals surface area contributed by atoms with Crippen LogP contribution in [0.15, 0.2) is 28.3 Å². The number of benzene rings is 1. The second-order valence-corrected chi connectivity index (χ2v) is 5.35. The molecule has 0 N–H and O–H groups in total. The van der Waals surface area contributed by atoms with Crippen molar-refractivity contribution < 1.29 is 4.39 Å². The molecule has 2 rings (SSSR count). The second kappa shape index (κ2) is 4.70. The third-order valence-corrected chi connectivity index (χ3v) is 4.20. The van der Waals surface area contributed by atoms with Crippen molar-refractivity contribution >= 4 is 15.9 Å². The Morgan fingerprint density at radius 2 is 2.31 bits per heavy atom. The fourth-order valence-electron chi connectivity index (χ4n) is 2.48. The topological polar surface area (TPSA) is 0 Å². The molecule has 0 spiro atoms. The smallest absolute Gasteiger partial charge is 0.127 e. The van der Waals surface area contributed by atoms with Crippen LogP contribution in [-0.2, 0) is 6.42 Å². The fraction of sp³-hybridized carbons (Fsp3) is 0.429. The Kier molecular flexibility index (Phi) is 3.48. The number of hydrogen-bond donors (Lipinski definition) is 0. The Balaban J connectivity index is 2.35. The Hall–Kier alpha value is -0.630. The molecule has 1 aliphatic carbocycles. The molecule has 0 heterocycles. The molecule has 0 fully saturated rings. The summed E-state index contributed by atoms with van der Waals surface area (Å²) in [5.74, 6) is 0.327. The lowest BCUT2D eigenvalue weighted by molar-refractivity contribution is 0.578. The van der Waals surface area contributed by atoms with Crippen molar-refractivity contribution in [2.45, 2.75) is 39.0 Å². The summed E-state index contributed by atoms with van der Waals surface area (Å²) >= 11 is 3.51. The predicted octanol–water partition coefficient (Wildman–Crippen LogP) is 4.97. The maximum atomic E-state index is 13.8. The standard InChI is InChI=1S/C14H16BrF/c1-3-9(2)8-10-4-5-11-12(15)6-7-13(16)14(10)11/h3,6-7,10H,4-5,8H2,1-2H3. The van der Waals surface area contributed by atoms with Crippen LogP contribution in [0.3, 0.4) is 0 Å². The molecule has 1 atom stereocenters. The molecule has 16 heavy (non-hydrogen) atoms. The molecule has 86 valence electrons. The van der Waals surface area contributed by atoms with E-state index in [1.165, 1.54) is 11.1 Å². The van der Waals surface area contributed by atoms with Crippen molar-refractivity contribution in [1.29, 1.82) is 0 Å². The summed E-state index contributed by atoms with van der Waals surface area (Å²) in [6, 6.07) is 3.39. The Labute approximate surface area is 105 Å². The van der Waals surface area contributed by atoms with Gasteiger partial charge in [-0.15, -0.1) is 0 Å². The minimum atomic E-state index is -0.0374. The summed E-state index contributed by atoms with van der Waals surface area (Å²) in [6.07, 6.45) is 5.17. The van der Waals surface area contributed by atoms with E-state index in [4.69, 9.17) is 0 Å². The Bertz CT molecular complexity index is 435. The van der Waals surface area contributed by atoms with E-state index < -0.39 is 0 Å². The van der Waals surface area contributed by atoms with E-state index >= 15 is 0 Å². The number of rotatable bonds is 2. The minimum Gasteiger partial charge on any atom is -0.207 e. The molecule has 0 aliphatic heterocycles. The van der Waals surface area contributed by atoms with Crippen LogP contribution < -0.4 is 0 Å². The highest BCUT2D eigenvalue weighted by Crippen LogP contribution is 2.41. The van der Waals surface area contributed by atoms with E-state index in [0.29, 0.717) is 5.92 Å². The summed E-state index contributed by atoms with van der Waals surface area (Å²) < 4.78 is 14.9. The first-order valence-corrected chi connectivity index (χ1v) is 6.51. The number of halogens is 2. The molecule has 0 aromatic heterocycles. The monoisotopic (exact) mass is 282 g/mol. The highest BCUT2D eigenvalue weighted by molar-refractivity contribution is 9.10. The van der Waals surface area contributed by atoms with Crippen molar-refractivity contribution in [3.05, 3.63) is 45.2 Å². The van der Waals surface area contributed by atoms with Gasteiger partial charge in [-0.3, -0.25) is 0 Å². The SMILES string of the molecule is CC=C(C)CC1CCc2c(Br)ccc(F)c21. The fourth-order valence-corrected chi connectivity index (χ4v) is 3.02. The first-order chi connectivity index (χ1) is 7.63. The van der Waals surface area contributed by atoms with Crippen LogP contribution in [0.1, 0.15) is 43.7 Å². The molecule has 0 saturated carbocycles. The van der Waals surface area contributed by atoms with Crippen LogP contribution in [0.2, 0.25) is 0 Å². The maximum absolute atomic E-state index is 13.8. The quantitative estimate of drug-likeness (QED) is 0.672. The second-order valence-electron chi connectivity index (χ2n) is 4.50. The zero-order valence-electron chi connectivity index (χ0n) is 9.69. The molecular weight excluding hydrogens is 267 g/mol.